The molecule has 1 fully saturated rings. The number of rotatable bonds is 5. The van der Waals surface area contributed by atoms with Gasteiger partial charge in [-0.2, -0.15) is 4.98 Å². The summed E-state index contributed by atoms with van der Waals surface area (Å²) in [4.78, 5) is 28.3. The number of aromatic nitrogens is 2. The number of amides is 2. The second kappa shape index (κ2) is 10.4. The number of likely N-dealkylation sites (N-methyl/N-ethyl adjacent to an activating group) is 1. The van der Waals surface area contributed by atoms with Crippen LogP contribution >= 0.6 is 0 Å². The molecule has 0 aliphatic carbocycles. The van der Waals surface area contributed by atoms with Gasteiger partial charge >= 0.3 is 6.03 Å². The summed E-state index contributed by atoms with van der Waals surface area (Å²) >= 11 is 0. The van der Waals surface area contributed by atoms with E-state index in [1.165, 1.54) is 6.07 Å². The molecule has 36 heavy (non-hydrogen) atoms. The van der Waals surface area contributed by atoms with Crippen molar-refractivity contribution >= 4 is 12.0 Å². The molecule has 0 bridgehead atoms. The van der Waals surface area contributed by atoms with Gasteiger partial charge in [0, 0.05) is 51.8 Å². The molecular formula is C26H28F2N6O2. The van der Waals surface area contributed by atoms with Crippen molar-refractivity contribution in [3.63, 3.8) is 0 Å². The maximum Gasteiger partial charge on any atom is 0.317 e. The van der Waals surface area contributed by atoms with E-state index in [1.807, 2.05) is 30.3 Å². The van der Waals surface area contributed by atoms with Crippen molar-refractivity contribution in [3.05, 3.63) is 77.0 Å². The van der Waals surface area contributed by atoms with Gasteiger partial charge in [-0.1, -0.05) is 30.3 Å². The van der Waals surface area contributed by atoms with Gasteiger partial charge in [-0.25, -0.2) is 18.6 Å². The minimum absolute atomic E-state index is 0.132. The number of hydrogen-bond acceptors (Lipinski definition) is 6. The highest BCUT2D eigenvalue weighted by Gasteiger charge is 2.29. The van der Waals surface area contributed by atoms with Crippen LogP contribution in [0.1, 0.15) is 16.8 Å². The van der Waals surface area contributed by atoms with Crippen molar-refractivity contribution in [1.82, 2.24) is 25.1 Å². The Hall–Kier alpha value is -3.79. The fraction of sp³-hybridized carbons (Fsp3) is 0.346. The molecule has 1 aromatic heterocycles. The number of urea groups is 1. The van der Waals surface area contributed by atoms with Crippen molar-refractivity contribution in [2.45, 2.75) is 19.5 Å². The molecule has 1 saturated heterocycles. The van der Waals surface area contributed by atoms with Gasteiger partial charge in [-0.3, -0.25) is 0 Å². The summed E-state index contributed by atoms with van der Waals surface area (Å²) in [5.74, 6) is -0.950. The minimum atomic E-state index is -0.822. The second-order valence-electron chi connectivity index (χ2n) is 9.04. The van der Waals surface area contributed by atoms with E-state index in [0.29, 0.717) is 31.0 Å². The Kier molecular flexibility index (Phi) is 6.95. The minimum Gasteiger partial charge on any atom is -0.435 e. The number of benzene rings is 2. The van der Waals surface area contributed by atoms with Crippen molar-refractivity contribution in [3.8, 4) is 11.6 Å². The van der Waals surface area contributed by atoms with E-state index in [0.717, 1.165) is 49.6 Å². The van der Waals surface area contributed by atoms with Crippen molar-refractivity contribution < 1.29 is 18.3 Å². The Morgan fingerprint density at radius 1 is 1.03 bits per heavy atom. The van der Waals surface area contributed by atoms with E-state index in [2.05, 4.69) is 27.1 Å². The molecule has 188 valence electrons. The number of carbonyl (C=O) groups excluding carboxylic acids is 1. The molecule has 1 N–H and O–H groups in total. The van der Waals surface area contributed by atoms with Gasteiger partial charge in [0.05, 0.1) is 17.8 Å². The third-order valence-electron chi connectivity index (χ3n) is 6.47. The van der Waals surface area contributed by atoms with Gasteiger partial charge in [0.2, 0.25) is 11.8 Å². The average molecular weight is 495 g/mol. The smallest absolute Gasteiger partial charge is 0.317 e. The van der Waals surface area contributed by atoms with E-state index >= 15 is 0 Å². The molecule has 10 heteroatoms. The predicted octanol–water partition coefficient (Wildman–Crippen LogP) is 3.57. The Morgan fingerprint density at radius 3 is 2.56 bits per heavy atom. The van der Waals surface area contributed by atoms with Crippen LogP contribution in [0.25, 0.3) is 0 Å². The topological polar surface area (TPSA) is 73.8 Å². The van der Waals surface area contributed by atoms with Gasteiger partial charge in [-0.05, 0) is 24.7 Å². The standard InChI is InChI=1S/C26H28F2N6O2/c1-32-11-13-33(14-12-32)25-30-22-9-10-34(26(35)29-16-18-5-3-2-4-6-18)17-20(22)24(31-25)36-23-8-7-19(27)15-21(23)28/h2-8,15H,9-14,16-17H2,1H3,(H,29,35). The number of halogens is 2. The molecule has 0 radical (unpaired) electrons. The van der Waals surface area contributed by atoms with Gasteiger partial charge in [0.1, 0.15) is 5.82 Å². The first-order chi connectivity index (χ1) is 17.5. The van der Waals surface area contributed by atoms with Crippen LogP contribution in [0.15, 0.2) is 48.5 Å². The third-order valence-corrected chi connectivity index (χ3v) is 6.47. The number of carbonyl (C=O) groups is 1. The van der Waals surface area contributed by atoms with Crippen LogP contribution in [0.5, 0.6) is 11.6 Å². The summed E-state index contributed by atoms with van der Waals surface area (Å²) in [6.45, 7) is 4.37. The van der Waals surface area contributed by atoms with Gasteiger partial charge in [0.25, 0.3) is 0 Å². The Morgan fingerprint density at radius 2 is 1.81 bits per heavy atom. The quantitative estimate of drug-likeness (QED) is 0.585. The lowest BCUT2D eigenvalue weighted by molar-refractivity contribution is 0.190. The lowest BCUT2D eigenvalue weighted by atomic mass is 10.1. The summed E-state index contributed by atoms with van der Waals surface area (Å²) in [6.07, 6.45) is 0.514. The third kappa shape index (κ3) is 5.38. The summed E-state index contributed by atoms with van der Waals surface area (Å²) in [5, 5.41) is 2.94. The SMILES string of the molecule is CN1CCN(c2nc3c(c(Oc4ccc(F)cc4F)n2)CN(C(=O)NCc2ccccc2)CC3)CC1. The van der Waals surface area contributed by atoms with Crippen LogP contribution in [-0.4, -0.2) is 65.6 Å². The number of nitrogens with one attached hydrogen (secondary N) is 1. The highest BCUT2D eigenvalue weighted by Crippen LogP contribution is 2.33. The van der Waals surface area contributed by atoms with Crippen LogP contribution in [0.2, 0.25) is 0 Å². The summed E-state index contributed by atoms with van der Waals surface area (Å²) in [7, 11) is 2.06. The first-order valence-electron chi connectivity index (χ1n) is 12.0. The first kappa shape index (κ1) is 23.9. The normalized spacial score (nSPS) is 16.0. The zero-order chi connectivity index (χ0) is 25.1. The second-order valence-corrected chi connectivity index (χ2v) is 9.04. The largest absolute Gasteiger partial charge is 0.435 e. The van der Waals surface area contributed by atoms with Gasteiger partial charge < -0.3 is 24.8 Å². The maximum atomic E-state index is 14.4. The van der Waals surface area contributed by atoms with Crippen LogP contribution < -0.4 is 15.0 Å². The van der Waals surface area contributed by atoms with E-state index in [1.54, 1.807) is 4.90 Å². The molecular weight excluding hydrogens is 466 g/mol. The number of nitrogens with zero attached hydrogens (tertiary/aromatic N) is 5. The molecule has 2 aliphatic heterocycles. The number of anilines is 1. The Labute approximate surface area is 208 Å². The Balaban J connectivity index is 1.40. The van der Waals surface area contributed by atoms with Crippen molar-refractivity contribution in [2.75, 3.05) is 44.7 Å². The molecule has 3 heterocycles. The molecule has 2 aliphatic rings. The molecule has 3 aromatic rings. The highest BCUT2D eigenvalue weighted by atomic mass is 19.1. The molecule has 8 nitrogen and oxygen atoms in total. The van der Waals surface area contributed by atoms with Crippen molar-refractivity contribution in [1.29, 1.82) is 0 Å². The molecule has 2 amide bonds. The fourth-order valence-electron chi connectivity index (χ4n) is 4.32. The molecule has 0 atom stereocenters. The van der Waals surface area contributed by atoms with Gasteiger partial charge in [0.15, 0.2) is 11.6 Å². The maximum absolute atomic E-state index is 14.4. The number of hydrogen-bond donors (Lipinski definition) is 1. The van der Waals surface area contributed by atoms with Crippen molar-refractivity contribution in [2.24, 2.45) is 0 Å². The van der Waals surface area contributed by atoms with E-state index in [4.69, 9.17) is 9.72 Å². The zero-order valence-electron chi connectivity index (χ0n) is 20.1. The number of piperazine rings is 1. The summed E-state index contributed by atoms with van der Waals surface area (Å²) in [5.41, 5.74) is 2.39. The van der Waals surface area contributed by atoms with Gasteiger partial charge in [-0.15, -0.1) is 0 Å². The summed E-state index contributed by atoms with van der Waals surface area (Å²) < 4.78 is 33.8. The van der Waals surface area contributed by atoms with Crippen LogP contribution in [0.3, 0.4) is 0 Å². The average Bonchev–Trinajstić information content (AvgIpc) is 2.89. The van der Waals surface area contributed by atoms with E-state index in [-0.39, 0.29) is 24.2 Å². The lowest BCUT2D eigenvalue weighted by Crippen LogP contribution is -2.46. The highest BCUT2D eigenvalue weighted by molar-refractivity contribution is 5.74. The summed E-state index contributed by atoms with van der Waals surface area (Å²) in [6, 6.07) is 12.6. The first-order valence-corrected chi connectivity index (χ1v) is 12.0. The Bertz CT molecular complexity index is 1230. The molecule has 0 unspecified atom stereocenters. The predicted molar refractivity (Wildman–Crippen MR) is 131 cm³/mol. The molecule has 0 spiro atoms. The lowest BCUT2D eigenvalue weighted by Gasteiger charge is -2.34. The van der Waals surface area contributed by atoms with Crippen LogP contribution in [-0.2, 0) is 19.5 Å². The number of ether oxygens (including phenoxy) is 1. The monoisotopic (exact) mass is 494 g/mol. The molecule has 0 saturated carbocycles. The molecule has 2 aromatic carbocycles. The number of fused-ring (bicyclic) bond motifs is 1. The fourth-order valence-corrected chi connectivity index (χ4v) is 4.32. The molecule has 5 rings (SSSR count). The van der Waals surface area contributed by atoms with Crippen LogP contribution in [0.4, 0.5) is 19.5 Å². The van der Waals surface area contributed by atoms with E-state index < -0.39 is 11.6 Å². The van der Waals surface area contributed by atoms with E-state index in [9.17, 15) is 13.6 Å². The zero-order valence-corrected chi connectivity index (χ0v) is 20.1. The van der Waals surface area contributed by atoms with Crippen LogP contribution in [0, 0.1) is 11.6 Å².